The van der Waals surface area contributed by atoms with Crippen LogP contribution >= 0.6 is 11.3 Å². The Morgan fingerprint density at radius 2 is 1.85 bits per heavy atom. The van der Waals surface area contributed by atoms with E-state index in [0.29, 0.717) is 22.9 Å². The highest BCUT2D eigenvalue weighted by atomic mass is 32.2. The summed E-state index contributed by atoms with van der Waals surface area (Å²) in [4.78, 5) is 15.1. The topological polar surface area (TPSA) is 95.1 Å². The summed E-state index contributed by atoms with van der Waals surface area (Å²) >= 11 is 1.55. The van der Waals surface area contributed by atoms with Gasteiger partial charge in [-0.25, -0.2) is 27.9 Å². The van der Waals surface area contributed by atoms with Crippen molar-refractivity contribution in [1.29, 1.82) is 0 Å². The number of benzene rings is 1. The molecule has 5 rings (SSSR count). The molecule has 2 fully saturated rings. The third-order valence-electron chi connectivity index (χ3n) is 7.30. The molecule has 3 N–H and O–H groups in total. The summed E-state index contributed by atoms with van der Waals surface area (Å²) < 4.78 is 30.5. The Balaban J connectivity index is 1.35. The number of hydrogen-bond donors (Lipinski definition) is 3. The van der Waals surface area contributed by atoms with E-state index >= 15 is 4.39 Å². The lowest BCUT2D eigenvalue weighted by atomic mass is 9.95. The standard InChI is InChI=1S/C28H38FN7OS2/c1-28(2,3)26-35-24(20-6-5-7-21(30-4)23(20)29)25(38-26)22-12-13-32-27(34-22)33-18-8-10-19(11-9-18)39(37)36-16-14-31-15-17-36/h5-7,12-13,18-19,30-31H,8-11,14-17H2,1-4H3,(H,32,33,34). The van der Waals surface area contributed by atoms with E-state index in [9.17, 15) is 4.21 Å². The van der Waals surface area contributed by atoms with Crippen molar-refractivity contribution in [2.45, 2.75) is 63.2 Å². The van der Waals surface area contributed by atoms with Gasteiger partial charge in [-0.3, -0.25) is 0 Å². The van der Waals surface area contributed by atoms with Crippen LogP contribution in [0.2, 0.25) is 0 Å². The third-order valence-corrected chi connectivity index (χ3v) is 10.7. The van der Waals surface area contributed by atoms with Gasteiger partial charge in [-0.2, -0.15) is 0 Å². The predicted octanol–water partition coefficient (Wildman–Crippen LogP) is 5.04. The van der Waals surface area contributed by atoms with E-state index in [0.717, 1.165) is 67.4 Å². The van der Waals surface area contributed by atoms with Crippen LogP contribution in [0.3, 0.4) is 0 Å². The smallest absolute Gasteiger partial charge is 0.223 e. The summed E-state index contributed by atoms with van der Waals surface area (Å²) in [5.74, 6) is 0.231. The number of thiazole rings is 1. The van der Waals surface area contributed by atoms with Gasteiger partial charge in [0.05, 0.1) is 37.9 Å². The number of rotatable bonds is 7. The van der Waals surface area contributed by atoms with E-state index in [1.165, 1.54) is 0 Å². The Labute approximate surface area is 236 Å². The van der Waals surface area contributed by atoms with Crippen LogP contribution in [-0.4, -0.2) is 68.0 Å². The minimum atomic E-state index is -0.920. The SMILES string of the molecule is CNc1cccc(-c2nc(C(C)(C)C)sc2-c2ccnc(NC3CCC(S(=O)N4CCNCC4)CC3)n2)c1F. The molecule has 0 amide bonds. The van der Waals surface area contributed by atoms with Crippen molar-refractivity contribution in [2.24, 2.45) is 0 Å². The number of nitrogens with one attached hydrogen (secondary N) is 3. The molecule has 8 nitrogen and oxygen atoms in total. The Morgan fingerprint density at radius 3 is 2.54 bits per heavy atom. The van der Waals surface area contributed by atoms with Crippen LogP contribution < -0.4 is 16.0 Å². The van der Waals surface area contributed by atoms with Crippen LogP contribution in [0.4, 0.5) is 16.0 Å². The number of anilines is 2. The number of aromatic nitrogens is 3. The lowest BCUT2D eigenvalue weighted by Gasteiger charge is -2.33. The lowest BCUT2D eigenvalue weighted by Crippen LogP contribution is -2.47. The zero-order valence-electron chi connectivity index (χ0n) is 23.1. The monoisotopic (exact) mass is 571 g/mol. The first kappa shape index (κ1) is 28.1. The van der Waals surface area contributed by atoms with Crippen molar-refractivity contribution in [3.8, 4) is 21.8 Å². The molecule has 1 unspecified atom stereocenters. The highest BCUT2D eigenvalue weighted by Gasteiger charge is 2.30. The molecule has 39 heavy (non-hydrogen) atoms. The molecule has 1 aromatic carbocycles. The molecule has 0 radical (unpaired) electrons. The fourth-order valence-corrected chi connectivity index (χ4v) is 7.83. The molecule has 11 heteroatoms. The fraction of sp³-hybridized carbons (Fsp3) is 0.536. The van der Waals surface area contributed by atoms with Gasteiger partial charge in [0, 0.05) is 61.7 Å². The molecule has 1 aliphatic carbocycles. The second-order valence-electron chi connectivity index (χ2n) is 11.2. The van der Waals surface area contributed by atoms with E-state index in [1.807, 2.05) is 12.1 Å². The number of hydrogen-bond acceptors (Lipinski definition) is 8. The van der Waals surface area contributed by atoms with Crippen LogP contribution in [-0.2, 0) is 16.4 Å². The van der Waals surface area contributed by atoms with Gasteiger partial charge >= 0.3 is 0 Å². The summed E-state index contributed by atoms with van der Waals surface area (Å²) in [6.45, 7) is 9.84. The van der Waals surface area contributed by atoms with E-state index in [1.54, 1.807) is 36.7 Å². The van der Waals surface area contributed by atoms with Crippen molar-refractivity contribution in [1.82, 2.24) is 24.6 Å². The van der Waals surface area contributed by atoms with Gasteiger partial charge in [-0.15, -0.1) is 11.3 Å². The van der Waals surface area contributed by atoms with Gasteiger partial charge in [-0.1, -0.05) is 26.8 Å². The number of piperazine rings is 1. The maximum absolute atomic E-state index is 15.4. The largest absolute Gasteiger partial charge is 0.386 e. The Kier molecular flexibility index (Phi) is 8.60. The van der Waals surface area contributed by atoms with Gasteiger partial charge in [0.2, 0.25) is 5.95 Å². The maximum atomic E-state index is 15.4. The second-order valence-corrected chi connectivity index (χ2v) is 13.9. The van der Waals surface area contributed by atoms with E-state index < -0.39 is 11.0 Å². The molecule has 1 atom stereocenters. The molecule has 2 aliphatic rings. The summed E-state index contributed by atoms with van der Waals surface area (Å²) in [6, 6.07) is 7.41. The quantitative estimate of drug-likeness (QED) is 0.366. The van der Waals surface area contributed by atoms with Crippen molar-refractivity contribution in [3.63, 3.8) is 0 Å². The van der Waals surface area contributed by atoms with Crippen molar-refractivity contribution < 1.29 is 8.60 Å². The van der Waals surface area contributed by atoms with Gasteiger partial charge in [0.25, 0.3) is 0 Å². The molecule has 1 saturated carbocycles. The van der Waals surface area contributed by atoms with E-state index in [4.69, 9.17) is 9.97 Å². The molecule has 0 bridgehead atoms. The van der Waals surface area contributed by atoms with Crippen LogP contribution in [0.15, 0.2) is 30.5 Å². The normalized spacial score (nSPS) is 21.5. The van der Waals surface area contributed by atoms with Crippen LogP contribution in [0.25, 0.3) is 21.8 Å². The zero-order valence-corrected chi connectivity index (χ0v) is 24.7. The average molecular weight is 572 g/mol. The highest BCUT2D eigenvalue weighted by molar-refractivity contribution is 7.83. The fourth-order valence-electron chi connectivity index (χ4n) is 5.09. The maximum Gasteiger partial charge on any atom is 0.223 e. The molecule has 1 aliphatic heterocycles. The van der Waals surface area contributed by atoms with Gasteiger partial charge < -0.3 is 16.0 Å². The first-order valence-electron chi connectivity index (χ1n) is 13.7. The summed E-state index contributed by atoms with van der Waals surface area (Å²) in [5, 5.41) is 10.9. The van der Waals surface area contributed by atoms with Gasteiger partial charge in [-0.05, 0) is 43.9 Å². The molecule has 0 spiro atoms. The molecule has 1 saturated heterocycles. The molecule has 210 valence electrons. The summed E-state index contributed by atoms with van der Waals surface area (Å²) in [6.07, 6.45) is 5.44. The molecule has 2 aromatic heterocycles. The number of nitrogens with zero attached hydrogens (tertiary/aromatic N) is 4. The van der Waals surface area contributed by atoms with E-state index in [-0.39, 0.29) is 22.5 Å². The highest BCUT2D eigenvalue weighted by Crippen LogP contribution is 2.42. The van der Waals surface area contributed by atoms with Crippen LogP contribution in [0.5, 0.6) is 0 Å². The lowest BCUT2D eigenvalue weighted by molar-refractivity contribution is 0.368. The third kappa shape index (κ3) is 6.32. The average Bonchev–Trinajstić information content (AvgIpc) is 3.40. The Morgan fingerprint density at radius 1 is 1.10 bits per heavy atom. The van der Waals surface area contributed by atoms with Crippen molar-refractivity contribution in [2.75, 3.05) is 43.9 Å². The summed E-state index contributed by atoms with van der Waals surface area (Å²) in [7, 11) is 0.792. The van der Waals surface area contributed by atoms with Crippen LogP contribution in [0.1, 0.15) is 51.5 Å². The van der Waals surface area contributed by atoms with Crippen molar-refractivity contribution in [3.05, 3.63) is 41.3 Å². The first-order chi connectivity index (χ1) is 18.7. The minimum Gasteiger partial charge on any atom is -0.386 e. The Bertz CT molecular complexity index is 1310. The van der Waals surface area contributed by atoms with Crippen molar-refractivity contribution >= 4 is 34.0 Å². The second kappa shape index (κ2) is 12.0. The molecular formula is C28H38FN7OS2. The van der Waals surface area contributed by atoms with Gasteiger partial charge in [0.1, 0.15) is 0 Å². The van der Waals surface area contributed by atoms with Gasteiger partial charge in [0.15, 0.2) is 5.82 Å². The minimum absolute atomic E-state index is 0.188. The molecule has 3 aromatic rings. The van der Waals surface area contributed by atoms with E-state index in [2.05, 4.69) is 46.0 Å². The zero-order chi connectivity index (χ0) is 27.6. The summed E-state index contributed by atoms with van der Waals surface area (Å²) in [5.41, 5.74) is 2.01. The molecular weight excluding hydrogens is 533 g/mol. The number of halogens is 1. The predicted molar refractivity (Wildman–Crippen MR) is 159 cm³/mol. The first-order valence-corrected chi connectivity index (χ1v) is 15.7. The molecule has 3 heterocycles. The van der Waals surface area contributed by atoms with Crippen LogP contribution in [0, 0.1) is 5.82 Å². The Hall–Kier alpha value is -2.47.